The van der Waals surface area contributed by atoms with Crippen molar-refractivity contribution >= 4 is 28.9 Å². The molecule has 0 atom stereocenters. The first-order valence-electron chi connectivity index (χ1n) is 9.02. The quantitative estimate of drug-likeness (QED) is 0.360. The van der Waals surface area contributed by atoms with Crippen LogP contribution < -0.4 is 4.74 Å². The molecule has 0 fully saturated rings. The van der Waals surface area contributed by atoms with Gasteiger partial charge in [0.2, 0.25) is 0 Å². The molecule has 1 aromatic heterocycles. The number of hydrogen-bond donors (Lipinski definition) is 1. The van der Waals surface area contributed by atoms with E-state index in [1.807, 2.05) is 84.2 Å². The predicted octanol–water partition coefficient (Wildman–Crippen LogP) is 7.15. The maximum Gasteiger partial charge on any atom is 0.307 e. The van der Waals surface area contributed by atoms with Gasteiger partial charge >= 0.3 is 5.97 Å². The number of rotatable bonds is 6. The molecule has 1 heterocycles. The number of carboxylic acids is 1. The van der Waals surface area contributed by atoms with Gasteiger partial charge < -0.3 is 9.84 Å². The predicted molar refractivity (Wildman–Crippen MR) is 118 cm³/mol. The lowest BCUT2D eigenvalue weighted by Crippen LogP contribution is -2.01. The standard InChI is InChI=1S/C24H17ClO3S/c25-22-9-5-4-8-19(22)21-15-29-24(20(21)14-23(26)27)16-10-12-18(13-11-16)28-17-6-2-1-3-7-17/h1-13,15H,14H2,(H,26,27). The molecule has 0 bridgehead atoms. The second-order valence-electron chi connectivity index (χ2n) is 6.45. The molecule has 0 unspecified atom stereocenters. The van der Waals surface area contributed by atoms with Crippen molar-refractivity contribution in [1.82, 2.24) is 0 Å². The Hall–Kier alpha value is -3.08. The first-order chi connectivity index (χ1) is 14.1. The lowest BCUT2D eigenvalue weighted by molar-refractivity contribution is -0.136. The molecule has 3 nitrogen and oxygen atoms in total. The van der Waals surface area contributed by atoms with E-state index in [4.69, 9.17) is 16.3 Å². The molecule has 0 amide bonds. The Labute approximate surface area is 177 Å². The lowest BCUT2D eigenvalue weighted by Gasteiger charge is -2.09. The van der Waals surface area contributed by atoms with Gasteiger partial charge in [-0.25, -0.2) is 0 Å². The van der Waals surface area contributed by atoms with Crippen molar-refractivity contribution < 1.29 is 14.6 Å². The van der Waals surface area contributed by atoms with Crippen LogP contribution in [0.3, 0.4) is 0 Å². The maximum absolute atomic E-state index is 11.5. The molecule has 29 heavy (non-hydrogen) atoms. The molecule has 3 aromatic carbocycles. The zero-order valence-electron chi connectivity index (χ0n) is 15.3. The minimum absolute atomic E-state index is 0.0678. The fourth-order valence-electron chi connectivity index (χ4n) is 3.16. The summed E-state index contributed by atoms with van der Waals surface area (Å²) in [5.74, 6) is 0.619. The number of aliphatic carboxylic acids is 1. The molecule has 5 heteroatoms. The fourth-order valence-corrected chi connectivity index (χ4v) is 4.50. The highest BCUT2D eigenvalue weighted by atomic mass is 35.5. The van der Waals surface area contributed by atoms with E-state index in [1.54, 1.807) is 0 Å². The Balaban J connectivity index is 1.69. The van der Waals surface area contributed by atoms with Gasteiger partial charge in [-0.15, -0.1) is 11.3 Å². The Morgan fingerprint density at radius 1 is 0.862 bits per heavy atom. The fraction of sp³-hybridized carbons (Fsp3) is 0.0417. The molecule has 0 aliphatic heterocycles. The molecule has 0 spiro atoms. The van der Waals surface area contributed by atoms with Gasteiger partial charge in [0.25, 0.3) is 0 Å². The number of hydrogen-bond acceptors (Lipinski definition) is 3. The topological polar surface area (TPSA) is 46.5 Å². The third-order valence-corrected chi connectivity index (χ3v) is 5.88. The molecule has 0 aliphatic rings. The molecule has 4 aromatic rings. The molecule has 0 saturated heterocycles. The van der Waals surface area contributed by atoms with E-state index in [9.17, 15) is 9.90 Å². The van der Waals surface area contributed by atoms with Crippen LogP contribution in [0.25, 0.3) is 21.6 Å². The summed E-state index contributed by atoms with van der Waals surface area (Å²) in [5, 5.41) is 12.0. The van der Waals surface area contributed by atoms with Crippen LogP contribution in [0.2, 0.25) is 5.02 Å². The third-order valence-electron chi connectivity index (χ3n) is 4.48. The van der Waals surface area contributed by atoms with Crippen LogP contribution in [0.5, 0.6) is 11.5 Å². The van der Waals surface area contributed by atoms with Gasteiger partial charge in [0, 0.05) is 15.5 Å². The van der Waals surface area contributed by atoms with Crippen molar-refractivity contribution in [2.24, 2.45) is 0 Å². The van der Waals surface area contributed by atoms with E-state index >= 15 is 0 Å². The summed E-state index contributed by atoms with van der Waals surface area (Å²) in [7, 11) is 0. The molecular weight excluding hydrogens is 404 g/mol. The Kier molecular flexibility index (Phi) is 5.65. The SMILES string of the molecule is O=C(O)Cc1c(-c2ccccc2Cl)csc1-c1ccc(Oc2ccccc2)cc1. The number of thiophene rings is 1. The number of ether oxygens (including phenoxy) is 1. The number of carboxylic acid groups (broad SMARTS) is 1. The normalized spacial score (nSPS) is 10.7. The van der Waals surface area contributed by atoms with Crippen LogP contribution in [-0.4, -0.2) is 11.1 Å². The van der Waals surface area contributed by atoms with Crippen molar-refractivity contribution in [3.63, 3.8) is 0 Å². The average molecular weight is 421 g/mol. The molecule has 4 rings (SSSR count). The summed E-state index contributed by atoms with van der Waals surface area (Å²) in [6, 6.07) is 24.7. The van der Waals surface area contributed by atoms with Gasteiger partial charge in [-0.05, 0) is 64.5 Å². The van der Waals surface area contributed by atoms with Crippen molar-refractivity contribution in [2.45, 2.75) is 6.42 Å². The number of para-hydroxylation sites is 1. The van der Waals surface area contributed by atoms with E-state index < -0.39 is 5.97 Å². The summed E-state index contributed by atoms with van der Waals surface area (Å²) in [6.07, 6.45) is -0.0678. The van der Waals surface area contributed by atoms with Crippen LogP contribution in [-0.2, 0) is 11.2 Å². The van der Waals surface area contributed by atoms with Gasteiger partial charge in [-0.2, -0.15) is 0 Å². The van der Waals surface area contributed by atoms with E-state index in [1.165, 1.54) is 11.3 Å². The highest BCUT2D eigenvalue weighted by Gasteiger charge is 2.19. The zero-order valence-corrected chi connectivity index (χ0v) is 16.9. The first kappa shape index (κ1) is 19.2. The van der Waals surface area contributed by atoms with Crippen molar-refractivity contribution in [2.75, 3.05) is 0 Å². The molecule has 0 saturated carbocycles. The largest absolute Gasteiger partial charge is 0.481 e. The number of benzene rings is 3. The number of halogens is 1. The monoisotopic (exact) mass is 420 g/mol. The maximum atomic E-state index is 11.5. The van der Waals surface area contributed by atoms with Crippen LogP contribution >= 0.6 is 22.9 Å². The minimum atomic E-state index is -0.873. The Bertz CT molecular complexity index is 1130. The second kappa shape index (κ2) is 8.52. The van der Waals surface area contributed by atoms with Gasteiger partial charge in [0.05, 0.1) is 6.42 Å². The van der Waals surface area contributed by atoms with Gasteiger partial charge in [0.15, 0.2) is 0 Å². The van der Waals surface area contributed by atoms with E-state index in [2.05, 4.69) is 0 Å². The van der Waals surface area contributed by atoms with E-state index in [0.717, 1.165) is 38.6 Å². The minimum Gasteiger partial charge on any atom is -0.481 e. The van der Waals surface area contributed by atoms with Crippen molar-refractivity contribution in [1.29, 1.82) is 0 Å². The van der Waals surface area contributed by atoms with Crippen LogP contribution in [0, 0.1) is 0 Å². The molecule has 0 radical (unpaired) electrons. The van der Waals surface area contributed by atoms with E-state index in [0.29, 0.717) is 5.02 Å². The smallest absolute Gasteiger partial charge is 0.307 e. The summed E-state index contributed by atoms with van der Waals surface area (Å²) >= 11 is 7.88. The van der Waals surface area contributed by atoms with Gasteiger partial charge in [0.1, 0.15) is 11.5 Å². The van der Waals surface area contributed by atoms with Crippen LogP contribution in [0.15, 0.2) is 84.2 Å². The highest BCUT2D eigenvalue weighted by molar-refractivity contribution is 7.14. The summed E-state index contributed by atoms with van der Waals surface area (Å²) < 4.78 is 5.85. The third kappa shape index (κ3) is 4.34. The molecule has 1 N–H and O–H groups in total. The Morgan fingerprint density at radius 2 is 1.52 bits per heavy atom. The highest BCUT2D eigenvalue weighted by Crippen LogP contribution is 2.41. The first-order valence-corrected chi connectivity index (χ1v) is 10.3. The van der Waals surface area contributed by atoms with E-state index in [-0.39, 0.29) is 6.42 Å². The second-order valence-corrected chi connectivity index (χ2v) is 7.73. The zero-order chi connectivity index (χ0) is 20.2. The Morgan fingerprint density at radius 3 is 2.21 bits per heavy atom. The van der Waals surface area contributed by atoms with Gasteiger partial charge in [-0.3, -0.25) is 4.79 Å². The summed E-state index contributed by atoms with van der Waals surface area (Å²) in [5.41, 5.74) is 3.43. The van der Waals surface area contributed by atoms with Crippen molar-refractivity contribution in [3.8, 4) is 33.1 Å². The molecule has 0 aliphatic carbocycles. The summed E-state index contributed by atoms with van der Waals surface area (Å²) in [6.45, 7) is 0. The molecule has 144 valence electrons. The van der Waals surface area contributed by atoms with Crippen LogP contribution in [0.1, 0.15) is 5.56 Å². The average Bonchev–Trinajstić information content (AvgIpc) is 3.12. The lowest BCUT2D eigenvalue weighted by atomic mass is 9.98. The van der Waals surface area contributed by atoms with Crippen molar-refractivity contribution in [3.05, 3.63) is 94.8 Å². The summed E-state index contributed by atoms with van der Waals surface area (Å²) in [4.78, 5) is 12.5. The molecular formula is C24H17ClO3S. The van der Waals surface area contributed by atoms with Crippen LogP contribution in [0.4, 0.5) is 0 Å². The van der Waals surface area contributed by atoms with Gasteiger partial charge in [-0.1, -0.05) is 48.0 Å². The number of carbonyl (C=O) groups is 1.